The molecule has 1 aliphatic carbocycles. The van der Waals surface area contributed by atoms with Crippen molar-refractivity contribution >= 4 is 5.91 Å². The Labute approximate surface area is 126 Å². The lowest BCUT2D eigenvalue weighted by Crippen LogP contribution is -2.53. The SMILES string of the molecule is COCc1cccc(C(=O)NC2(CO)CCCC(C)C2)c1. The average Bonchev–Trinajstić information content (AvgIpc) is 2.48. The van der Waals surface area contributed by atoms with Gasteiger partial charge in [0.1, 0.15) is 0 Å². The van der Waals surface area contributed by atoms with Crippen LogP contribution in [-0.4, -0.2) is 30.3 Å². The maximum atomic E-state index is 12.5. The van der Waals surface area contributed by atoms with Crippen LogP contribution in [-0.2, 0) is 11.3 Å². The van der Waals surface area contributed by atoms with Crippen LogP contribution in [0.5, 0.6) is 0 Å². The molecule has 0 aromatic heterocycles. The van der Waals surface area contributed by atoms with Gasteiger partial charge in [0.15, 0.2) is 0 Å². The van der Waals surface area contributed by atoms with E-state index in [1.54, 1.807) is 13.2 Å². The van der Waals surface area contributed by atoms with Crippen LogP contribution in [0.15, 0.2) is 24.3 Å². The Morgan fingerprint density at radius 1 is 1.52 bits per heavy atom. The Hall–Kier alpha value is -1.39. The molecule has 0 bridgehead atoms. The molecule has 1 amide bonds. The minimum absolute atomic E-state index is 0.000835. The second kappa shape index (κ2) is 7.05. The summed E-state index contributed by atoms with van der Waals surface area (Å²) >= 11 is 0. The van der Waals surface area contributed by atoms with Crippen LogP contribution < -0.4 is 5.32 Å². The Balaban J connectivity index is 2.10. The highest BCUT2D eigenvalue weighted by molar-refractivity contribution is 5.94. The summed E-state index contributed by atoms with van der Waals surface area (Å²) in [7, 11) is 1.64. The van der Waals surface area contributed by atoms with Crippen LogP contribution in [0.1, 0.15) is 48.5 Å². The molecule has 0 saturated heterocycles. The van der Waals surface area contributed by atoms with E-state index in [4.69, 9.17) is 4.74 Å². The van der Waals surface area contributed by atoms with E-state index >= 15 is 0 Å². The van der Waals surface area contributed by atoms with Crippen molar-refractivity contribution in [3.63, 3.8) is 0 Å². The standard InChI is InChI=1S/C17H25NO3/c1-13-5-4-8-17(10-13,12-19)18-16(20)15-7-3-6-14(9-15)11-21-2/h3,6-7,9,13,19H,4-5,8,10-12H2,1-2H3,(H,18,20). The van der Waals surface area contributed by atoms with Crippen LogP contribution >= 0.6 is 0 Å². The van der Waals surface area contributed by atoms with Crippen molar-refractivity contribution in [1.82, 2.24) is 5.32 Å². The number of ether oxygens (including phenoxy) is 1. The summed E-state index contributed by atoms with van der Waals surface area (Å²) < 4.78 is 5.10. The predicted molar refractivity (Wildman–Crippen MR) is 82.1 cm³/mol. The maximum absolute atomic E-state index is 12.5. The van der Waals surface area contributed by atoms with Gasteiger partial charge in [0.2, 0.25) is 0 Å². The van der Waals surface area contributed by atoms with Crippen molar-refractivity contribution in [3.05, 3.63) is 35.4 Å². The number of aliphatic hydroxyl groups is 1. The van der Waals surface area contributed by atoms with E-state index in [-0.39, 0.29) is 12.5 Å². The zero-order chi connectivity index (χ0) is 15.3. The molecule has 4 heteroatoms. The predicted octanol–water partition coefficient (Wildman–Crippen LogP) is 2.50. The van der Waals surface area contributed by atoms with Crippen molar-refractivity contribution in [3.8, 4) is 0 Å². The number of methoxy groups -OCH3 is 1. The fourth-order valence-corrected chi connectivity index (χ4v) is 3.24. The van der Waals surface area contributed by atoms with Gasteiger partial charge in [0, 0.05) is 12.7 Å². The van der Waals surface area contributed by atoms with Gasteiger partial charge < -0.3 is 15.2 Å². The largest absolute Gasteiger partial charge is 0.394 e. The second-order valence-electron chi connectivity index (χ2n) is 6.23. The Morgan fingerprint density at radius 2 is 2.33 bits per heavy atom. The maximum Gasteiger partial charge on any atom is 0.251 e. The first-order valence-corrected chi connectivity index (χ1v) is 7.60. The quantitative estimate of drug-likeness (QED) is 0.876. The number of hydrogen-bond acceptors (Lipinski definition) is 3. The third-order valence-corrected chi connectivity index (χ3v) is 4.27. The normalized spacial score (nSPS) is 25.6. The van der Waals surface area contributed by atoms with Gasteiger partial charge in [-0.15, -0.1) is 0 Å². The number of carbonyl (C=O) groups excluding carboxylic acids is 1. The third kappa shape index (κ3) is 4.05. The number of carbonyl (C=O) groups is 1. The summed E-state index contributed by atoms with van der Waals surface area (Å²) in [4.78, 5) is 12.5. The van der Waals surface area contributed by atoms with Gasteiger partial charge in [-0.3, -0.25) is 4.79 Å². The topological polar surface area (TPSA) is 58.6 Å². The summed E-state index contributed by atoms with van der Waals surface area (Å²) in [6.07, 6.45) is 3.90. The molecule has 1 fully saturated rings. The number of amides is 1. The molecule has 0 heterocycles. The van der Waals surface area contributed by atoms with Gasteiger partial charge in [-0.1, -0.05) is 31.9 Å². The molecule has 1 aliphatic rings. The van der Waals surface area contributed by atoms with E-state index in [1.807, 2.05) is 18.2 Å². The van der Waals surface area contributed by atoms with E-state index in [0.29, 0.717) is 18.1 Å². The first-order valence-electron chi connectivity index (χ1n) is 7.60. The zero-order valence-electron chi connectivity index (χ0n) is 12.9. The van der Waals surface area contributed by atoms with Crippen LogP contribution in [0, 0.1) is 5.92 Å². The average molecular weight is 291 g/mol. The molecule has 2 unspecified atom stereocenters. The molecule has 4 nitrogen and oxygen atoms in total. The summed E-state index contributed by atoms with van der Waals surface area (Å²) in [6.45, 7) is 2.67. The fraction of sp³-hybridized carbons (Fsp3) is 0.588. The van der Waals surface area contributed by atoms with Gasteiger partial charge in [-0.2, -0.15) is 0 Å². The van der Waals surface area contributed by atoms with Crippen molar-refractivity contribution in [1.29, 1.82) is 0 Å². The highest BCUT2D eigenvalue weighted by Crippen LogP contribution is 2.32. The molecule has 1 saturated carbocycles. The molecule has 0 aliphatic heterocycles. The number of benzene rings is 1. The van der Waals surface area contributed by atoms with Crippen molar-refractivity contribution in [2.24, 2.45) is 5.92 Å². The van der Waals surface area contributed by atoms with Gasteiger partial charge in [0.25, 0.3) is 5.91 Å². The molecular weight excluding hydrogens is 266 g/mol. The Kier molecular flexibility index (Phi) is 5.37. The highest BCUT2D eigenvalue weighted by atomic mass is 16.5. The molecular formula is C17H25NO3. The minimum atomic E-state index is -0.466. The van der Waals surface area contributed by atoms with E-state index in [2.05, 4.69) is 12.2 Å². The molecule has 116 valence electrons. The number of rotatable bonds is 5. The van der Waals surface area contributed by atoms with Gasteiger partial charge in [0.05, 0.1) is 18.8 Å². The summed E-state index contributed by atoms with van der Waals surface area (Å²) in [5.74, 6) is 0.419. The smallest absolute Gasteiger partial charge is 0.251 e. The minimum Gasteiger partial charge on any atom is -0.394 e. The first-order chi connectivity index (χ1) is 10.1. The lowest BCUT2D eigenvalue weighted by molar-refractivity contribution is 0.0697. The van der Waals surface area contributed by atoms with E-state index in [9.17, 15) is 9.90 Å². The van der Waals surface area contributed by atoms with Gasteiger partial charge in [-0.05, 0) is 36.5 Å². The lowest BCUT2D eigenvalue weighted by Gasteiger charge is -2.39. The number of nitrogens with one attached hydrogen (secondary N) is 1. The monoisotopic (exact) mass is 291 g/mol. The molecule has 2 N–H and O–H groups in total. The van der Waals surface area contributed by atoms with Crippen LogP contribution in [0.2, 0.25) is 0 Å². The molecule has 21 heavy (non-hydrogen) atoms. The molecule has 2 atom stereocenters. The zero-order valence-corrected chi connectivity index (χ0v) is 12.9. The first kappa shape index (κ1) is 16.0. The summed E-state index contributed by atoms with van der Waals surface area (Å²) in [6, 6.07) is 7.44. The van der Waals surface area contributed by atoms with E-state index in [0.717, 1.165) is 24.8 Å². The molecule has 0 radical (unpaired) electrons. The summed E-state index contributed by atoms with van der Waals surface area (Å²) in [5, 5.41) is 12.8. The van der Waals surface area contributed by atoms with Gasteiger partial charge in [-0.25, -0.2) is 0 Å². The number of hydrogen-bond donors (Lipinski definition) is 2. The molecule has 2 rings (SSSR count). The van der Waals surface area contributed by atoms with Crippen LogP contribution in [0.4, 0.5) is 0 Å². The molecule has 1 aromatic rings. The highest BCUT2D eigenvalue weighted by Gasteiger charge is 2.35. The van der Waals surface area contributed by atoms with Crippen LogP contribution in [0.3, 0.4) is 0 Å². The van der Waals surface area contributed by atoms with Crippen molar-refractivity contribution in [2.45, 2.75) is 44.8 Å². The lowest BCUT2D eigenvalue weighted by atomic mass is 9.76. The summed E-state index contributed by atoms with van der Waals surface area (Å²) in [5.41, 5.74) is 1.13. The van der Waals surface area contributed by atoms with Crippen molar-refractivity contribution < 1.29 is 14.6 Å². The number of aliphatic hydroxyl groups excluding tert-OH is 1. The second-order valence-corrected chi connectivity index (χ2v) is 6.23. The molecule has 1 aromatic carbocycles. The molecule has 0 spiro atoms. The third-order valence-electron chi connectivity index (χ3n) is 4.27. The van der Waals surface area contributed by atoms with Crippen LogP contribution in [0.25, 0.3) is 0 Å². The fourth-order valence-electron chi connectivity index (χ4n) is 3.24. The van der Waals surface area contributed by atoms with E-state index in [1.165, 1.54) is 6.42 Å². The van der Waals surface area contributed by atoms with E-state index < -0.39 is 5.54 Å². The Bertz CT molecular complexity index is 489. The Morgan fingerprint density at radius 3 is 3.00 bits per heavy atom. The van der Waals surface area contributed by atoms with Gasteiger partial charge >= 0.3 is 0 Å². The van der Waals surface area contributed by atoms with Crippen molar-refractivity contribution in [2.75, 3.05) is 13.7 Å².